The Hall–Kier alpha value is 0.160. The fourth-order valence-corrected chi connectivity index (χ4v) is 0.621. The number of hydrogen-bond donors (Lipinski definition) is 2. The average Bonchev–Trinajstić information content (AvgIpc) is 1.84. The molecule has 0 aliphatic carbocycles. The summed E-state index contributed by atoms with van der Waals surface area (Å²) in [5.41, 5.74) is 0. The van der Waals surface area contributed by atoms with Crippen molar-refractivity contribution >= 4 is 15.8 Å². The van der Waals surface area contributed by atoms with Crippen LogP contribution in [0.4, 0.5) is 8.39 Å². The molecular formula is C3H10F2O6P2. The summed E-state index contributed by atoms with van der Waals surface area (Å²) >= 11 is 0. The quantitative estimate of drug-likeness (QED) is 0.733. The Labute approximate surface area is 73.8 Å². The monoisotopic (exact) mass is 242 g/mol. The van der Waals surface area contributed by atoms with E-state index in [1.807, 2.05) is 0 Å². The van der Waals surface area contributed by atoms with Gasteiger partial charge in [-0.3, -0.25) is 18.8 Å². The first-order valence-electron chi connectivity index (χ1n) is 2.87. The van der Waals surface area contributed by atoms with Gasteiger partial charge in [0.15, 0.2) is 0 Å². The van der Waals surface area contributed by atoms with E-state index in [4.69, 9.17) is 14.4 Å². The average molecular weight is 242 g/mol. The normalized spacial score (nSPS) is 15.5. The lowest BCUT2D eigenvalue weighted by atomic mass is 10.9. The molecule has 13 heavy (non-hydrogen) atoms. The van der Waals surface area contributed by atoms with E-state index in [0.717, 1.165) is 7.11 Å². The van der Waals surface area contributed by atoms with Crippen LogP contribution < -0.4 is 0 Å². The molecule has 0 rings (SSSR count). The minimum atomic E-state index is -5.14. The molecule has 0 saturated carbocycles. The third-order valence-electron chi connectivity index (χ3n) is 0.501. The van der Waals surface area contributed by atoms with Crippen LogP contribution in [0.15, 0.2) is 0 Å². The molecule has 0 spiro atoms. The van der Waals surface area contributed by atoms with Crippen LogP contribution in [0.2, 0.25) is 0 Å². The molecule has 2 N–H and O–H groups in total. The van der Waals surface area contributed by atoms with Gasteiger partial charge >= 0.3 is 15.8 Å². The highest BCUT2D eigenvalue weighted by Gasteiger charge is 2.19. The van der Waals surface area contributed by atoms with Crippen LogP contribution in [0, 0.1) is 0 Å². The number of rotatable bonds is 3. The van der Waals surface area contributed by atoms with Crippen molar-refractivity contribution in [3.05, 3.63) is 0 Å². The van der Waals surface area contributed by atoms with Crippen molar-refractivity contribution < 1.29 is 36.4 Å². The summed E-state index contributed by atoms with van der Waals surface area (Å²) in [6, 6.07) is 0. The fourth-order valence-electron chi connectivity index (χ4n) is 0.207. The van der Waals surface area contributed by atoms with E-state index in [9.17, 15) is 13.0 Å². The lowest BCUT2D eigenvalue weighted by Gasteiger charge is -2.01. The van der Waals surface area contributed by atoms with Crippen molar-refractivity contribution in [3.63, 3.8) is 0 Å². The van der Waals surface area contributed by atoms with Crippen LogP contribution in [0.1, 0.15) is 6.92 Å². The van der Waals surface area contributed by atoms with Gasteiger partial charge < -0.3 is 0 Å². The van der Waals surface area contributed by atoms with Crippen LogP contribution in [0.5, 0.6) is 0 Å². The van der Waals surface area contributed by atoms with Crippen molar-refractivity contribution in [2.24, 2.45) is 0 Å². The zero-order valence-electron chi connectivity index (χ0n) is 6.88. The van der Waals surface area contributed by atoms with Crippen LogP contribution in [-0.4, -0.2) is 23.5 Å². The molecule has 0 aromatic carbocycles. The predicted molar refractivity (Wildman–Crippen MR) is 40.5 cm³/mol. The van der Waals surface area contributed by atoms with Gasteiger partial charge in [-0.25, -0.2) is 9.13 Å². The molecule has 6 nitrogen and oxygen atoms in total. The number of halogens is 2. The largest absolute Gasteiger partial charge is 0.512 e. The van der Waals surface area contributed by atoms with Crippen molar-refractivity contribution in [1.29, 1.82) is 0 Å². The second-order valence-corrected chi connectivity index (χ2v) is 3.93. The van der Waals surface area contributed by atoms with Gasteiger partial charge in [-0.2, -0.15) is 0 Å². The van der Waals surface area contributed by atoms with Gasteiger partial charge in [-0.1, -0.05) is 0 Å². The van der Waals surface area contributed by atoms with Crippen molar-refractivity contribution in [3.8, 4) is 0 Å². The summed E-state index contributed by atoms with van der Waals surface area (Å²) in [5.74, 6) is 0. The summed E-state index contributed by atoms with van der Waals surface area (Å²) in [7, 11) is -8.32. The van der Waals surface area contributed by atoms with Crippen LogP contribution >= 0.6 is 15.8 Å². The maximum Gasteiger partial charge on any atom is 0.512 e. The van der Waals surface area contributed by atoms with Gasteiger partial charge in [0.05, 0.1) is 6.61 Å². The maximum atomic E-state index is 11.9. The summed E-state index contributed by atoms with van der Waals surface area (Å²) in [5, 5.41) is 0. The maximum absolute atomic E-state index is 11.9. The van der Waals surface area contributed by atoms with Crippen LogP contribution in [0.3, 0.4) is 0 Å². The Morgan fingerprint density at radius 2 is 1.62 bits per heavy atom. The molecular weight excluding hydrogens is 232 g/mol. The lowest BCUT2D eigenvalue weighted by Crippen LogP contribution is -1.84. The van der Waals surface area contributed by atoms with E-state index < -0.39 is 15.8 Å². The zero-order valence-corrected chi connectivity index (χ0v) is 8.67. The molecule has 0 aliphatic rings. The molecule has 0 radical (unpaired) electrons. The molecule has 0 fully saturated rings. The first-order valence-corrected chi connectivity index (χ1v) is 5.81. The molecule has 1 unspecified atom stereocenters. The lowest BCUT2D eigenvalue weighted by molar-refractivity contribution is 0.210. The van der Waals surface area contributed by atoms with E-state index in [1.165, 1.54) is 6.92 Å². The van der Waals surface area contributed by atoms with Gasteiger partial charge in [0, 0.05) is 7.11 Å². The number of hydrogen-bond acceptors (Lipinski definition) is 4. The molecule has 0 bridgehead atoms. The van der Waals surface area contributed by atoms with Crippen LogP contribution in [-0.2, 0) is 18.2 Å². The van der Waals surface area contributed by atoms with E-state index in [2.05, 4.69) is 9.05 Å². The van der Waals surface area contributed by atoms with Crippen molar-refractivity contribution in [2.45, 2.75) is 6.92 Å². The van der Waals surface area contributed by atoms with E-state index in [-0.39, 0.29) is 6.61 Å². The van der Waals surface area contributed by atoms with E-state index in [0.29, 0.717) is 0 Å². The molecule has 10 heteroatoms. The summed E-state index contributed by atoms with van der Waals surface area (Å²) < 4.78 is 48.9. The van der Waals surface area contributed by atoms with E-state index in [1.54, 1.807) is 0 Å². The molecule has 1 atom stereocenters. The molecule has 0 aromatic heterocycles. The molecule has 0 aliphatic heterocycles. The highest BCUT2D eigenvalue weighted by atomic mass is 31.2. The summed E-state index contributed by atoms with van der Waals surface area (Å²) in [6.45, 7) is 1.59. The van der Waals surface area contributed by atoms with Crippen molar-refractivity contribution in [2.75, 3.05) is 13.7 Å². The minimum absolute atomic E-state index is 0.0572. The van der Waals surface area contributed by atoms with E-state index >= 15 is 0 Å². The molecule has 82 valence electrons. The SMILES string of the molecule is CCOP(=O)(F)OC.O=P(O)(O)F. The molecule has 0 amide bonds. The topological polar surface area (TPSA) is 93.1 Å². The highest BCUT2D eigenvalue weighted by Crippen LogP contribution is 2.48. The van der Waals surface area contributed by atoms with Gasteiger partial charge in [-0.15, -0.1) is 8.39 Å². The Bertz CT molecular complexity index is 206. The third kappa shape index (κ3) is 24.5. The second-order valence-electron chi connectivity index (χ2n) is 1.50. The van der Waals surface area contributed by atoms with Crippen LogP contribution in [0.25, 0.3) is 0 Å². The molecule has 0 heterocycles. The first kappa shape index (κ1) is 15.6. The van der Waals surface area contributed by atoms with Gasteiger partial charge in [0.2, 0.25) is 0 Å². The summed E-state index contributed by atoms with van der Waals surface area (Å²) in [6.07, 6.45) is 0. The standard InChI is InChI=1S/C3H8FO3P.FH2O3P/c1-3-7-8(4,5)6-2;1-5(2,3)4/h3H2,1-2H3;(H2,2,3,4). The summed E-state index contributed by atoms with van der Waals surface area (Å²) in [4.78, 5) is 13.9. The fraction of sp³-hybridized carbons (Fsp3) is 1.00. The Kier molecular flexibility index (Phi) is 7.92. The second kappa shape index (κ2) is 6.59. The first-order chi connectivity index (χ1) is 5.62. The zero-order chi connectivity index (χ0) is 11.1. The smallest absolute Gasteiger partial charge is 0.299 e. The van der Waals surface area contributed by atoms with Gasteiger partial charge in [0.25, 0.3) is 0 Å². The highest BCUT2D eigenvalue weighted by molar-refractivity contribution is 7.48. The Morgan fingerprint density at radius 1 is 1.31 bits per heavy atom. The Balaban J connectivity index is 0. The third-order valence-corrected chi connectivity index (χ3v) is 1.50. The predicted octanol–water partition coefficient (Wildman–Crippen LogP) is 1.80. The van der Waals surface area contributed by atoms with Gasteiger partial charge in [-0.05, 0) is 6.92 Å². The minimum Gasteiger partial charge on any atom is -0.299 e. The Morgan fingerprint density at radius 3 is 1.69 bits per heavy atom. The molecule has 0 saturated heterocycles. The molecule has 0 aromatic rings. The van der Waals surface area contributed by atoms with Gasteiger partial charge in [0.1, 0.15) is 0 Å². The van der Waals surface area contributed by atoms with Crippen molar-refractivity contribution in [1.82, 2.24) is 0 Å².